The molecule has 11 heavy (non-hydrogen) atoms. The highest BCUT2D eigenvalue weighted by Crippen LogP contribution is 2.00. The van der Waals surface area contributed by atoms with Crippen molar-refractivity contribution < 1.29 is 14.1 Å². The van der Waals surface area contributed by atoms with Crippen LogP contribution in [0.1, 0.15) is 6.92 Å². The minimum absolute atomic E-state index is 0.303. The van der Waals surface area contributed by atoms with Crippen molar-refractivity contribution in [1.82, 2.24) is 4.57 Å². The number of aryl methyl sites for hydroxylation is 2. The number of hydrogen-bond donors (Lipinski definition) is 0. The lowest BCUT2D eigenvalue weighted by Crippen LogP contribution is -2.29. The van der Waals surface area contributed by atoms with Gasteiger partial charge in [-0.05, 0) is 0 Å². The van der Waals surface area contributed by atoms with Gasteiger partial charge in [0.2, 0.25) is 0 Å². The predicted octanol–water partition coefficient (Wildman–Crippen LogP) is -0.225. The van der Waals surface area contributed by atoms with E-state index in [4.69, 9.17) is 4.74 Å². The average molecular weight is 155 g/mol. The molecule has 0 aromatic carbocycles. The van der Waals surface area contributed by atoms with Crippen molar-refractivity contribution >= 4 is 5.97 Å². The van der Waals surface area contributed by atoms with E-state index < -0.39 is 0 Å². The van der Waals surface area contributed by atoms with E-state index in [1.165, 1.54) is 6.92 Å². The number of ether oxygens (including phenoxy) is 1. The largest absolute Gasteiger partial charge is 0.463 e. The van der Waals surface area contributed by atoms with Gasteiger partial charge in [0.05, 0.1) is 14.1 Å². The van der Waals surface area contributed by atoms with E-state index in [0.29, 0.717) is 6.01 Å². The first-order valence-electron chi connectivity index (χ1n) is 3.30. The summed E-state index contributed by atoms with van der Waals surface area (Å²) in [5, 5.41) is 0. The normalized spacial score (nSPS) is 9.73. The summed E-state index contributed by atoms with van der Waals surface area (Å²) in [6.45, 7) is 1.38. The zero-order valence-corrected chi connectivity index (χ0v) is 6.87. The van der Waals surface area contributed by atoms with Gasteiger partial charge in [-0.15, -0.1) is 0 Å². The van der Waals surface area contributed by atoms with Gasteiger partial charge < -0.3 is 4.74 Å². The molecular formula is C7H11N2O2+. The maximum Gasteiger partial charge on any atom is 0.463 e. The number of esters is 1. The summed E-state index contributed by atoms with van der Waals surface area (Å²) in [5.41, 5.74) is 0. The van der Waals surface area contributed by atoms with Crippen molar-refractivity contribution in [2.24, 2.45) is 14.1 Å². The number of carbonyl (C=O) groups excluding carboxylic acids is 1. The highest BCUT2D eigenvalue weighted by molar-refractivity contribution is 5.67. The third-order valence-electron chi connectivity index (χ3n) is 1.35. The van der Waals surface area contributed by atoms with Crippen LogP contribution in [0.5, 0.6) is 6.01 Å². The van der Waals surface area contributed by atoms with E-state index in [9.17, 15) is 4.79 Å². The molecule has 1 aromatic heterocycles. The van der Waals surface area contributed by atoms with Crippen LogP contribution >= 0.6 is 0 Å². The van der Waals surface area contributed by atoms with Crippen molar-refractivity contribution in [3.63, 3.8) is 0 Å². The molecule has 0 saturated carbocycles. The van der Waals surface area contributed by atoms with Crippen LogP contribution in [0.4, 0.5) is 0 Å². The van der Waals surface area contributed by atoms with Gasteiger partial charge in [0.1, 0.15) is 12.4 Å². The van der Waals surface area contributed by atoms with Crippen LogP contribution < -0.4 is 9.30 Å². The lowest BCUT2D eigenvalue weighted by Gasteiger charge is -1.95. The van der Waals surface area contributed by atoms with Crippen LogP contribution in [-0.2, 0) is 18.9 Å². The van der Waals surface area contributed by atoms with E-state index in [-0.39, 0.29) is 5.97 Å². The van der Waals surface area contributed by atoms with Gasteiger partial charge in [0, 0.05) is 6.92 Å². The molecule has 1 aromatic rings. The summed E-state index contributed by atoms with van der Waals surface area (Å²) in [4.78, 5) is 10.6. The summed E-state index contributed by atoms with van der Waals surface area (Å²) in [7, 11) is 3.64. The van der Waals surface area contributed by atoms with Crippen LogP contribution in [0.15, 0.2) is 12.4 Å². The number of imidazole rings is 1. The molecule has 0 fully saturated rings. The Morgan fingerprint density at radius 2 is 2.36 bits per heavy atom. The average Bonchev–Trinajstić information content (AvgIpc) is 2.18. The molecule has 0 aliphatic heterocycles. The number of carbonyl (C=O) groups is 1. The number of hydrogen-bond acceptors (Lipinski definition) is 2. The summed E-state index contributed by atoms with van der Waals surface area (Å²) >= 11 is 0. The van der Waals surface area contributed by atoms with Gasteiger partial charge in [-0.3, -0.25) is 4.79 Å². The molecule has 0 N–H and O–H groups in total. The second-order valence-corrected chi connectivity index (χ2v) is 2.40. The van der Waals surface area contributed by atoms with E-state index >= 15 is 0 Å². The Bertz CT molecular complexity index is 258. The zero-order valence-electron chi connectivity index (χ0n) is 6.87. The fourth-order valence-corrected chi connectivity index (χ4v) is 0.849. The Labute approximate surface area is 65.0 Å². The summed E-state index contributed by atoms with van der Waals surface area (Å²) < 4.78 is 8.38. The number of nitrogens with zero attached hydrogens (tertiary/aromatic N) is 2. The van der Waals surface area contributed by atoms with Gasteiger partial charge >= 0.3 is 12.0 Å². The summed E-state index contributed by atoms with van der Waals surface area (Å²) in [6, 6.07) is 0.539. The highest BCUT2D eigenvalue weighted by Gasteiger charge is 2.14. The van der Waals surface area contributed by atoms with E-state index in [1.54, 1.807) is 9.13 Å². The van der Waals surface area contributed by atoms with E-state index in [1.807, 2.05) is 26.5 Å². The molecule has 0 radical (unpaired) electrons. The monoisotopic (exact) mass is 155 g/mol. The fraction of sp³-hybridized carbons (Fsp3) is 0.429. The number of rotatable bonds is 1. The zero-order chi connectivity index (χ0) is 8.43. The summed E-state index contributed by atoms with van der Waals surface area (Å²) in [6.07, 6.45) is 3.64. The first kappa shape index (κ1) is 7.78. The van der Waals surface area contributed by atoms with Gasteiger partial charge in [-0.25, -0.2) is 0 Å². The first-order valence-corrected chi connectivity index (χ1v) is 3.30. The first-order chi connectivity index (χ1) is 5.11. The van der Waals surface area contributed by atoms with Crippen LogP contribution in [0, 0.1) is 0 Å². The third-order valence-corrected chi connectivity index (χ3v) is 1.35. The second-order valence-electron chi connectivity index (χ2n) is 2.40. The number of aromatic nitrogens is 2. The van der Waals surface area contributed by atoms with Crippen LogP contribution in [0.2, 0.25) is 0 Å². The maximum atomic E-state index is 10.6. The third kappa shape index (κ3) is 1.58. The molecule has 60 valence electrons. The topological polar surface area (TPSA) is 35.1 Å². The maximum absolute atomic E-state index is 10.6. The SMILES string of the molecule is CC(=O)Oc1n(C)cc[n+]1C. The molecule has 0 saturated heterocycles. The van der Waals surface area contributed by atoms with E-state index in [2.05, 4.69) is 0 Å². The van der Waals surface area contributed by atoms with Crippen LogP contribution in [0.25, 0.3) is 0 Å². The predicted molar refractivity (Wildman–Crippen MR) is 37.9 cm³/mol. The Hall–Kier alpha value is -1.32. The smallest absolute Gasteiger partial charge is 0.357 e. The van der Waals surface area contributed by atoms with E-state index in [0.717, 1.165) is 0 Å². The molecule has 0 aliphatic carbocycles. The fourth-order valence-electron chi connectivity index (χ4n) is 0.849. The quantitative estimate of drug-likeness (QED) is 0.415. The minimum atomic E-state index is -0.303. The van der Waals surface area contributed by atoms with Crippen molar-refractivity contribution in [2.45, 2.75) is 6.92 Å². The molecule has 1 rings (SSSR count). The highest BCUT2D eigenvalue weighted by atomic mass is 16.5. The van der Waals surface area contributed by atoms with Crippen molar-refractivity contribution in [1.29, 1.82) is 0 Å². The summed E-state index contributed by atoms with van der Waals surface area (Å²) in [5.74, 6) is -0.303. The molecule has 0 unspecified atom stereocenters. The van der Waals surface area contributed by atoms with Gasteiger partial charge in [0.25, 0.3) is 0 Å². The Kier molecular flexibility index (Phi) is 1.94. The molecule has 0 spiro atoms. The molecule has 1 heterocycles. The van der Waals surface area contributed by atoms with Crippen molar-refractivity contribution in [3.8, 4) is 6.01 Å². The van der Waals surface area contributed by atoms with Gasteiger partial charge in [-0.2, -0.15) is 9.13 Å². The van der Waals surface area contributed by atoms with Crippen molar-refractivity contribution in [3.05, 3.63) is 12.4 Å². The van der Waals surface area contributed by atoms with Gasteiger partial charge in [-0.1, -0.05) is 0 Å². The van der Waals surface area contributed by atoms with Gasteiger partial charge in [0.15, 0.2) is 0 Å². The molecule has 4 nitrogen and oxygen atoms in total. The molecular weight excluding hydrogens is 144 g/mol. The Morgan fingerprint density at radius 3 is 2.73 bits per heavy atom. The molecule has 0 bridgehead atoms. The van der Waals surface area contributed by atoms with Crippen LogP contribution in [0.3, 0.4) is 0 Å². The lowest BCUT2D eigenvalue weighted by atomic mass is 10.8. The minimum Gasteiger partial charge on any atom is -0.357 e. The van der Waals surface area contributed by atoms with Crippen molar-refractivity contribution in [2.75, 3.05) is 0 Å². The molecule has 0 aliphatic rings. The second kappa shape index (κ2) is 2.74. The Balaban J connectivity index is 2.92. The molecule has 0 amide bonds. The molecule has 0 atom stereocenters. The standard InChI is InChI=1S/C7H11N2O2/c1-6(10)11-7-8(2)4-5-9(7)3/h4-5H,1-3H3/q+1. The Morgan fingerprint density at radius 1 is 1.73 bits per heavy atom. The molecule has 4 heteroatoms. The lowest BCUT2D eigenvalue weighted by molar-refractivity contribution is -0.675. The van der Waals surface area contributed by atoms with Crippen LogP contribution in [-0.4, -0.2) is 10.5 Å².